The number of halogens is 2. The molecule has 0 heterocycles. The molecule has 1 fully saturated rings. The van der Waals surface area contributed by atoms with Gasteiger partial charge in [0.2, 0.25) is 5.91 Å². The molecule has 1 amide bonds. The van der Waals surface area contributed by atoms with E-state index in [4.69, 9.17) is 5.11 Å². The van der Waals surface area contributed by atoms with Crippen molar-refractivity contribution in [2.45, 2.75) is 19.4 Å². The smallest absolute Gasteiger partial charge is 0.307 e. The number of hydrogen-bond acceptors (Lipinski definition) is 2. The van der Waals surface area contributed by atoms with Gasteiger partial charge in [-0.1, -0.05) is 0 Å². The van der Waals surface area contributed by atoms with Crippen LogP contribution in [0, 0.1) is 23.5 Å². The van der Waals surface area contributed by atoms with Crippen molar-refractivity contribution in [2.24, 2.45) is 11.8 Å². The highest BCUT2D eigenvalue weighted by molar-refractivity contribution is 5.89. The highest BCUT2D eigenvalue weighted by Gasteiger charge is 2.49. The first-order valence-electron chi connectivity index (χ1n) is 6.27. The predicted molar refractivity (Wildman–Crippen MR) is 66.8 cm³/mol. The maximum atomic E-state index is 13.7. The van der Waals surface area contributed by atoms with Crippen molar-refractivity contribution >= 4 is 11.9 Å². The number of rotatable bonds is 4. The Hall–Kier alpha value is -1.98. The van der Waals surface area contributed by atoms with Crippen molar-refractivity contribution < 1.29 is 23.5 Å². The van der Waals surface area contributed by atoms with Crippen LogP contribution in [-0.2, 0) is 9.59 Å². The van der Waals surface area contributed by atoms with Crippen molar-refractivity contribution in [1.82, 2.24) is 4.90 Å². The molecule has 1 aliphatic carbocycles. The third-order valence-corrected chi connectivity index (χ3v) is 3.76. The molecule has 1 aromatic rings. The largest absolute Gasteiger partial charge is 0.481 e. The first kappa shape index (κ1) is 14.4. The minimum Gasteiger partial charge on any atom is -0.481 e. The summed E-state index contributed by atoms with van der Waals surface area (Å²) in [6.45, 7) is 1.58. The van der Waals surface area contributed by atoms with E-state index in [1.165, 1.54) is 11.9 Å². The van der Waals surface area contributed by atoms with E-state index >= 15 is 0 Å². The standard InChI is InChI=1S/C14H15F2NO3/c1-7(9-5-8(15)3-4-12(9)16)17(2)13(18)10-6-11(10)14(19)20/h3-5,7,10-11H,6H2,1-2H3,(H,19,20). The molecule has 108 valence electrons. The number of carboxylic acid groups (broad SMARTS) is 1. The monoisotopic (exact) mass is 283 g/mol. The normalized spacial score (nSPS) is 22.2. The molecule has 1 aliphatic rings. The summed E-state index contributed by atoms with van der Waals surface area (Å²) in [5, 5.41) is 8.81. The quantitative estimate of drug-likeness (QED) is 0.921. The van der Waals surface area contributed by atoms with Crippen LogP contribution in [0.5, 0.6) is 0 Å². The summed E-state index contributed by atoms with van der Waals surface area (Å²) in [4.78, 5) is 24.1. The van der Waals surface area contributed by atoms with Crippen molar-refractivity contribution in [2.75, 3.05) is 7.05 Å². The minimum absolute atomic E-state index is 0.0772. The third kappa shape index (κ3) is 2.64. The first-order valence-corrected chi connectivity index (χ1v) is 6.27. The molecule has 6 heteroatoms. The van der Waals surface area contributed by atoms with E-state index < -0.39 is 35.5 Å². The van der Waals surface area contributed by atoms with E-state index in [2.05, 4.69) is 0 Å². The molecule has 1 aromatic carbocycles. The van der Waals surface area contributed by atoms with Crippen molar-refractivity contribution in [3.8, 4) is 0 Å². The highest BCUT2D eigenvalue weighted by Crippen LogP contribution is 2.41. The fraction of sp³-hybridized carbons (Fsp3) is 0.429. The molecule has 0 bridgehead atoms. The van der Waals surface area contributed by atoms with Crippen LogP contribution in [0.1, 0.15) is 24.9 Å². The van der Waals surface area contributed by atoms with Crippen molar-refractivity contribution in [3.63, 3.8) is 0 Å². The first-order chi connectivity index (χ1) is 9.32. The number of carbonyl (C=O) groups excluding carboxylic acids is 1. The fourth-order valence-electron chi connectivity index (χ4n) is 2.24. The van der Waals surface area contributed by atoms with E-state index in [9.17, 15) is 18.4 Å². The van der Waals surface area contributed by atoms with Gasteiger partial charge in [-0.2, -0.15) is 0 Å². The molecule has 0 spiro atoms. The molecular formula is C14H15F2NO3. The average Bonchev–Trinajstić information content (AvgIpc) is 3.19. The number of hydrogen-bond donors (Lipinski definition) is 1. The molecule has 3 unspecified atom stereocenters. The number of carbonyl (C=O) groups is 2. The van der Waals surface area contributed by atoms with Gasteiger partial charge in [0, 0.05) is 12.6 Å². The van der Waals surface area contributed by atoms with Gasteiger partial charge in [-0.3, -0.25) is 9.59 Å². The zero-order chi connectivity index (χ0) is 15.0. The summed E-state index contributed by atoms with van der Waals surface area (Å²) < 4.78 is 26.8. The lowest BCUT2D eigenvalue weighted by molar-refractivity contribution is -0.142. The molecule has 4 nitrogen and oxygen atoms in total. The Morgan fingerprint density at radius 1 is 1.35 bits per heavy atom. The van der Waals surface area contributed by atoms with Gasteiger partial charge in [-0.15, -0.1) is 0 Å². The zero-order valence-corrected chi connectivity index (χ0v) is 11.1. The fourth-order valence-corrected chi connectivity index (χ4v) is 2.24. The van der Waals surface area contributed by atoms with E-state index in [-0.39, 0.29) is 11.5 Å². The lowest BCUT2D eigenvalue weighted by atomic mass is 10.1. The molecule has 0 aliphatic heterocycles. The van der Waals surface area contributed by atoms with Crippen LogP contribution in [0.3, 0.4) is 0 Å². The number of aliphatic carboxylic acids is 1. The molecule has 0 saturated heterocycles. The van der Waals surface area contributed by atoms with Gasteiger partial charge in [0.05, 0.1) is 17.9 Å². The van der Waals surface area contributed by atoms with Crippen LogP contribution in [0.15, 0.2) is 18.2 Å². The average molecular weight is 283 g/mol. The molecule has 1 saturated carbocycles. The van der Waals surface area contributed by atoms with Crippen LogP contribution in [0.25, 0.3) is 0 Å². The second kappa shape index (κ2) is 5.19. The molecule has 0 aromatic heterocycles. The van der Waals surface area contributed by atoms with Gasteiger partial charge in [0.25, 0.3) is 0 Å². The molecular weight excluding hydrogens is 268 g/mol. The summed E-state index contributed by atoms with van der Waals surface area (Å²) >= 11 is 0. The SMILES string of the molecule is CC(c1cc(F)ccc1F)N(C)C(=O)C1CC1C(=O)O. The molecule has 3 atom stereocenters. The molecule has 0 radical (unpaired) electrons. The lowest BCUT2D eigenvalue weighted by Crippen LogP contribution is -2.32. The third-order valence-electron chi connectivity index (χ3n) is 3.76. The highest BCUT2D eigenvalue weighted by atomic mass is 19.1. The van der Waals surface area contributed by atoms with Gasteiger partial charge in [0.15, 0.2) is 0 Å². The summed E-state index contributed by atoms with van der Waals surface area (Å²) in [6, 6.07) is 2.41. The minimum atomic E-state index is -0.999. The number of amides is 1. The predicted octanol–water partition coefficient (Wildman–Crippen LogP) is 2.20. The van der Waals surface area contributed by atoms with Crippen molar-refractivity contribution in [3.05, 3.63) is 35.4 Å². The lowest BCUT2D eigenvalue weighted by Gasteiger charge is -2.26. The van der Waals surface area contributed by atoms with Crippen LogP contribution in [0.2, 0.25) is 0 Å². The van der Waals surface area contributed by atoms with Gasteiger partial charge in [-0.05, 0) is 31.5 Å². The summed E-state index contributed by atoms with van der Waals surface area (Å²) in [5.41, 5.74) is 0.0772. The van der Waals surface area contributed by atoms with Crippen molar-refractivity contribution in [1.29, 1.82) is 0 Å². The topological polar surface area (TPSA) is 57.6 Å². The summed E-state index contributed by atoms with van der Waals surface area (Å²) in [7, 11) is 1.47. The number of benzene rings is 1. The molecule has 20 heavy (non-hydrogen) atoms. The van der Waals surface area contributed by atoms with Crippen LogP contribution in [-0.4, -0.2) is 28.9 Å². The van der Waals surface area contributed by atoms with E-state index in [0.29, 0.717) is 6.42 Å². The molecule has 1 N–H and O–H groups in total. The summed E-state index contributed by atoms with van der Waals surface area (Å²) in [5.74, 6) is -3.74. The molecule has 2 rings (SSSR count). The Balaban J connectivity index is 2.13. The van der Waals surface area contributed by atoms with Crippen LogP contribution >= 0.6 is 0 Å². The Morgan fingerprint density at radius 2 is 2.00 bits per heavy atom. The van der Waals surface area contributed by atoms with Gasteiger partial charge in [0.1, 0.15) is 11.6 Å². The Bertz CT molecular complexity index is 561. The Morgan fingerprint density at radius 3 is 2.55 bits per heavy atom. The maximum Gasteiger partial charge on any atom is 0.307 e. The summed E-state index contributed by atoms with van der Waals surface area (Å²) in [6.07, 6.45) is 0.302. The second-order valence-electron chi connectivity index (χ2n) is 5.08. The van der Waals surface area contributed by atoms with E-state index in [1.54, 1.807) is 6.92 Å². The van der Waals surface area contributed by atoms with E-state index in [0.717, 1.165) is 18.2 Å². The Labute approximate surface area is 115 Å². The van der Waals surface area contributed by atoms with Crippen LogP contribution in [0.4, 0.5) is 8.78 Å². The van der Waals surface area contributed by atoms with Gasteiger partial charge >= 0.3 is 5.97 Å². The number of carboxylic acids is 1. The van der Waals surface area contributed by atoms with Crippen LogP contribution < -0.4 is 0 Å². The zero-order valence-electron chi connectivity index (χ0n) is 11.1. The van der Waals surface area contributed by atoms with Gasteiger partial charge < -0.3 is 10.0 Å². The maximum absolute atomic E-state index is 13.7. The number of nitrogens with zero attached hydrogens (tertiary/aromatic N) is 1. The second-order valence-corrected chi connectivity index (χ2v) is 5.08. The van der Waals surface area contributed by atoms with E-state index in [1.807, 2.05) is 0 Å². The Kier molecular flexibility index (Phi) is 3.74. The van der Waals surface area contributed by atoms with Gasteiger partial charge in [-0.25, -0.2) is 8.78 Å².